The Kier molecular flexibility index (Phi) is 3.70. The molecule has 1 aliphatic heterocycles. The first-order valence-electron chi connectivity index (χ1n) is 7.08. The number of aromatic nitrogens is 1. The van der Waals surface area contributed by atoms with E-state index in [1.165, 1.54) is 11.3 Å². The van der Waals surface area contributed by atoms with Crippen molar-refractivity contribution >= 4 is 28.9 Å². The van der Waals surface area contributed by atoms with Gasteiger partial charge in [-0.15, -0.1) is 11.3 Å². The van der Waals surface area contributed by atoms with Crippen LogP contribution in [-0.2, 0) is 4.79 Å². The minimum Gasteiger partial charge on any atom is -0.481 e. The average molecular weight is 316 g/mol. The number of amides is 1. The highest BCUT2D eigenvalue weighted by molar-refractivity contribution is 7.13. The predicted octanol–water partition coefficient (Wildman–Crippen LogP) is 3.10. The number of nitrogens with zero attached hydrogens (tertiary/aromatic N) is 2. The topological polar surface area (TPSA) is 70.5 Å². The molecule has 2 aromatic rings. The molecule has 0 spiro atoms. The van der Waals surface area contributed by atoms with Crippen molar-refractivity contribution in [3.8, 4) is 0 Å². The third-order valence-electron chi connectivity index (χ3n) is 3.74. The standard InChI is InChI=1S/C16H16N2O3S/c1-9(2)14-17-7-13(22-14)15(19)18-8-11(16(20)21)10-5-3-4-6-12(10)18/h3-7,9,11H,8H2,1-2H3,(H,20,21). The van der Waals surface area contributed by atoms with E-state index in [4.69, 9.17) is 0 Å². The average Bonchev–Trinajstić information content (AvgIpc) is 3.12. The van der Waals surface area contributed by atoms with Crippen LogP contribution in [0.25, 0.3) is 0 Å². The van der Waals surface area contributed by atoms with Gasteiger partial charge in [0.1, 0.15) is 10.8 Å². The fourth-order valence-electron chi connectivity index (χ4n) is 2.60. The lowest BCUT2D eigenvalue weighted by Crippen LogP contribution is -2.30. The maximum absolute atomic E-state index is 12.7. The molecule has 1 N–H and O–H groups in total. The molecule has 2 heterocycles. The van der Waals surface area contributed by atoms with Gasteiger partial charge in [-0.2, -0.15) is 0 Å². The molecule has 5 nitrogen and oxygen atoms in total. The number of hydrogen-bond donors (Lipinski definition) is 1. The second-order valence-electron chi connectivity index (χ2n) is 5.58. The molecule has 114 valence electrons. The summed E-state index contributed by atoms with van der Waals surface area (Å²) in [6.07, 6.45) is 1.58. The molecular formula is C16H16N2O3S. The van der Waals surface area contributed by atoms with Crippen molar-refractivity contribution < 1.29 is 14.7 Å². The minimum absolute atomic E-state index is 0.169. The van der Waals surface area contributed by atoms with Gasteiger partial charge >= 0.3 is 5.97 Å². The first-order chi connectivity index (χ1) is 10.5. The molecule has 22 heavy (non-hydrogen) atoms. The Hall–Kier alpha value is -2.21. The van der Waals surface area contributed by atoms with Gasteiger partial charge in [-0.1, -0.05) is 32.0 Å². The van der Waals surface area contributed by atoms with Crippen molar-refractivity contribution in [2.75, 3.05) is 11.4 Å². The first kappa shape index (κ1) is 14.7. The zero-order valence-corrected chi connectivity index (χ0v) is 13.1. The van der Waals surface area contributed by atoms with E-state index in [0.29, 0.717) is 16.1 Å². The smallest absolute Gasteiger partial charge is 0.312 e. The Labute approximate surface area is 132 Å². The van der Waals surface area contributed by atoms with Crippen LogP contribution in [0.2, 0.25) is 0 Å². The highest BCUT2D eigenvalue weighted by atomic mass is 32.1. The molecular weight excluding hydrogens is 300 g/mol. The van der Waals surface area contributed by atoms with E-state index in [1.807, 2.05) is 19.9 Å². The van der Waals surface area contributed by atoms with Crippen molar-refractivity contribution in [3.63, 3.8) is 0 Å². The van der Waals surface area contributed by atoms with E-state index >= 15 is 0 Å². The zero-order chi connectivity index (χ0) is 15.9. The molecule has 0 saturated carbocycles. The van der Waals surface area contributed by atoms with Gasteiger partial charge in [0.2, 0.25) is 0 Å². The number of carbonyl (C=O) groups is 2. The number of hydrogen-bond acceptors (Lipinski definition) is 4. The molecule has 6 heteroatoms. The largest absolute Gasteiger partial charge is 0.481 e. The number of fused-ring (bicyclic) bond motifs is 1. The highest BCUT2D eigenvalue weighted by Crippen LogP contribution is 2.37. The monoisotopic (exact) mass is 316 g/mol. The number of carboxylic acids is 1. The summed E-state index contributed by atoms with van der Waals surface area (Å²) >= 11 is 1.37. The molecule has 0 bridgehead atoms. The van der Waals surface area contributed by atoms with Gasteiger partial charge < -0.3 is 10.0 Å². The third kappa shape index (κ3) is 2.39. The molecule has 0 aliphatic carbocycles. The summed E-state index contributed by atoms with van der Waals surface area (Å²) in [7, 11) is 0. The van der Waals surface area contributed by atoms with E-state index in [9.17, 15) is 14.7 Å². The number of para-hydroxylation sites is 1. The summed E-state index contributed by atoms with van der Waals surface area (Å²) in [5, 5.41) is 10.3. The van der Waals surface area contributed by atoms with E-state index in [1.54, 1.807) is 29.3 Å². The van der Waals surface area contributed by atoms with Crippen LogP contribution in [0.15, 0.2) is 30.5 Å². The van der Waals surface area contributed by atoms with Crippen molar-refractivity contribution in [3.05, 3.63) is 45.9 Å². The lowest BCUT2D eigenvalue weighted by Gasteiger charge is -2.16. The van der Waals surface area contributed by atoms with Gasteiger partial charge in [-0.05, 0) is 11.6 Å². The van der Waals surface area contributed by atoms with Gasteiger partial charge in [0, 0.05) is 18.2 Å². The van der Waals surface area contributed by atoms with Crippen LogP contribution in [0.5, 0.6) is 0 Å². The number of carbonyl (C=O) groups excluding carboxylic acids is 1. The summed E-state index contributed by atoms with van der Waals surface area (Å²) < 4.78 is 0. The number of carboxylic acid groups (broad SMARTS) is 1. The van der Waals surface area contributed by atoms with Gasteiger partial charge in [-0.3, -0.25) is 9.59 Å². The van der Waals surface area contributed by atoms with Crippen LogP contribution in [0.4, 0.5) is 5.69 Å². The molecule has 1 atom stereocenters. The van der Waals surface area contributed by atoms with E-state index in [-0.39, 0.29) is 18.4 Å². The normalized spacial score (nSPS) is 16.9. The third-order valence-corrected chi connectivity index (χ3v) is 5.03. The molecule has 0 fully saturated rings. The van der Waals surface area contributed by atoms with Crippen molar-refractivity contribution in [2.45, 2.75) is 25.7 Å². The maximum atomic E-state index is 12.7. The summed E-state index contributed by atoms with van der Waals surface area (Å²) in [6.45, 7) is 4.22. The molecule has 1 aliphatic rings. The summed E-state index contributed by atoms with van der Waals surface area (Å²) in [4.78, 5) is 30.5. The Morgan fingerprint density at radius 3 is 2.73 bits per heavy atom. The predicted molar refractivity (Wildman–Crippen MR) is 84.7 cm³/mol. The van der Waals surface area contributed by atoms with Crippen LogP contribution < -0.4 is 4.90 Å². The highest BCUT2D eigenvalue weighted by Gasteiger charge is 2.37. The van der Waals surface area contributed by atoms with E-state index in [0.717, 1.165) is 5.01 Å². The minimum atomic E-state index is -0.907. The van der Waals surface area contributed by atoms with Crippen molar-refractivity contribution in [2.24, 2.45) is 0 Å². The van der Waals surface area contributed by atoms with Crippen molar-refractivity contribution in [1.82, 2.24) is 4.98 Å². The number of aliphatic carboxylic acids is 1. The quantitative estimate of drug-likeness (QED) is 0.944. The fraction of sp³-hybridized carbons (Fsp3) is 0.312. The number of thiazole rings is 1. The second kappa shape index (κ2) is 5.53. The SMILES string of the molecule is CC(C)c1ncc(C(=O)N2CC(C(=O)O)c3ccccc32)s1. The lowest BCUT2D eigenvalue weighted by atomic mass is 10.0. The molecule has 1 aromatic heterocycles. The Bertz CT molecular complexity index is 738. The molecule has 0 radical (unpaired) electrons. The van der Waals surface area contributed by atoms with Crippen LogP contribution >= 0.6 is 11.3 Å². The van der Waals surface area contributed by atoms with Crippen LogP contribution in [-0.4, -0.2) is 28.5 Å². The number of anilines is 1. The zero-order valence-electron chi connectivity index (χ0n) is 12.3. The molecule has 1 amide bonds. The van der Waals surface area contributed by atoms with Gasteiger partial charge in [-0.25, -0.2) is 4.98 Å². The molecule has 0 saturated heterocycles. The summed E-state index contributed by atoms with van der Waals surface area (Å²) in [6, 6.07) is 7.18. The molecule has 3 rings (SSSR count). The molecule has 1 aromatic carbocycles. The summed E-state index contributed by atoms with van der Waals surface area (Å²) in [5.74, 6) is -1.49. The van der Waals surface area contributed by atoms with Crippen LogP contribution in [0.3, 0.4) is 0 Å². The lowest BCUT2D eigenvalue weighted by molar-refractivity contribution is -0.138. The number of benzene rings is 1. The van der Waals surface area contributed by atoms with E-state index < -0.39 is 11.9 Å². The Balaban J connectivity index is 1.95. The maximum Gasteiger partial charge on any atom is 0.312 e. The van der Waals surface area contributed by atoms with Crippen LogP contribution in [0.1, 0.15) is 45.9 Å². The van der Waals surface area contributed by atoms with Gasteiger partial charge in [0.15, 0.2) is 0 Å². The van der Waals surface area contributed by atoms with Gasteiger partial charge in [0.05, 0.1) is 11.2 Å². The Morgan fingerprint density at radius 1 is 1.36 bits per heavy atom. The number of rotatable bonds is 3. The van der Waals surface area contributed by atoms with Crippen molar-refractivity contribution in [1.29, 1.82) is 0 Å². The summed E-state index contributed by atoms with van der Waals surface area (Å²) in [5.41, 5.74) is 1.37. The van der Waals surface area contributed by atoms with Crippen LogP contribution in [0, 0.1) is 0 Å². The first-order valence-corrected chi connectivity index (χ1v) is 7.90. The van der Waals surface area contributed by atoms with E-state index in [2.05, 4.69) is 4.98 Å². The second-order valence-corrected chi connectivity index (χ2v) is 6.65. The Morgan fingerprint density at radius 2 is 2.09 bits per heavy atom. The fourth-order valence-corrected chi connectivity index (χ4v) is 3.47. The van der Waals surface area contributed by atoms with Gasteiger partial charge in [0.25, 0.3) is 5.91 Å². The molecule has 1 unspecified atom stereocenters.